The van der Waals surface area contributed by atoms with Crippen LogP contribution in [-0.4, -0.2) is 88.2 Å². The highest BCUT2D eigenvalue weighted by molar-refractivity contribution is 5.79. The molecule has 0 saturated carbocycles. The summed E-state index contributed by atoms with van der Waals surface area (Å²) in [5, 5.41) is 19.6. The lowest BCUT2D eigenvalue weighted by atomic mass is 9.92. The van der Waals surface area contributed by atoms with E-state index < -0.39 is 29.8 Å². The molecule has 14 nitrogen and oxygen atoms in total. The first-order valence-electron chi connectivity index (χ1n) is 14.7. The molecule has 2 fully saturated rings. The van der Waals surface area contributed by atoms with Crippen LogP contribution in [0.3, 0.4) is 0 Å². The number of pyridine rings is 1. The molecule has 0 aliphatic carbocycles. The maximum absolute atomic E-state index is 13.2. The van der Waals surface area contributed by atoms with Gasteiger partial charge < -0.3 is 34.8 Å². The Morgan fingerprint density at radius 3 is 2.27 bits per heavy atom. The highest BCUT2D eigenvalue weighted by Crippen LogP contribution is 2.33. The van der Waals surface area contributed by atoms with Gasteiger partial charge in [-0.05, 0) is 36.5 Å². The Balaban J connectivity index is 0.00000109. The zero-order chi connectivity index (χ0) is 32.2. The average molecular weight is 623 g/mol. The number of benzene rings is 1. The summed E-state index contributed by atoms with van der Waals surface area (Å²) in [4.78, 5) is 59.8. The summed E-state index contributed by atoms with van der Waals surface area (Å²) in [6.45, 7) is 4.77. The van der Waals surface area contributed by atoms with Crippen molar-refractivity contribution in [2.24, 2.45) is 0 Å². The third-order valence-corrected chi connectivity index (χ3v) is 7.40. The highest BCUT2D eigenvalue weighted by Gasteiger charge is 2.29. The van der Waals surface area contributed by atoms with Gasteiger partial charge in [0.1, 0.15) is 24.3 Å². The van der Waals surface area contributed by atoms with Gasteiger partial charge in [-0.15, -0.1) is 0 Å². The van der Waals surface area contributed by atoms with Crippen LogP contribution in [0.4, 0.5) is 16.4 Å². The molecule has 0 radical (unpaired) electrons. The monoisotopic (exact) mass is 622 g/mol. The number of rotatable bonds is 9. The number of aromatic nitrogens is 3. The molecular weight excluding hydrogens is 584 g/mol. The van der Waals surface area contributed by atoms with Crippen LogP contribution >= 0.6 is 0 Å². The number of carboxylic acid groups (broad SMARTS) is 2. The lowest BCUT2D eigenvalue weighted by Gasteiger charge is -2.37. The van der Waals surface area contributed by atoms with Crippen molar-refractivity contribution in [2.45, 2.75) is 44.9 Å². The fourth-order valence-corrected chi connectivity index (χ4v) is 5.16. The van der Waals surface area contributed by atoms with Gasteiger partial charge in [0.25, 0.3) is 5.97 Å². The number of hydrogen-bond donors (Lipinski definition) is 3. The van der Waals surface area contributed by atoms with Crippen molar-refractivity contribution in [2.75, 3.05) is 49.2 Å². The first kappa shape index (κ1) is 32.9. The Morgan fingerprint density at radius 1 is 1.00 bits per heavy atom. The van der Waals surface area contributed by atoms with E-state index in [0.717, 1.165) is 49.8 Å². The Bertz CT molecular complexity index is 1470. The van der Waals surface area contributed by atoms with Crippen molar-refractivity contribution in [1.29, 1.82) is 0 Å². The van der Waals surface area contributed by atoms with Crippen LogP contribution in [0, 0.1) is 0 Å². The number of carboxylic acids is 2. The molecule has 3 N–H and O–H groups in total. The molecule has 0 bridgehead atoms. The van der Waals surface area contributed by atoms with Crippen molar-refractivity contribution >= 4 is 29.7 Å². The predicted molar refractivity (Wildman–Crippen MR) is 164 cm³/mol. The Kier molecular flexibility index (Phi) is 11.8. The van der Waals surface area contributed by atoms with Crippen molar-refractivity contribution in [3.8, 4) is 0 Å². The van der Waals surface area contributed by atoms with E-state index in [9.17, 15) is 19.5 Å². The summed E-state index contributed by atoms with van der Waals surface area (Å²) in [6.07, 6.45) is 4.14. The summed E-state index contributed by atoms with van der Waals surface area (Å²) in [7, 11) is 0. The Labute approximate surface area is 260 Å². The zero-order valence-electron chi connectivity index (χ0n) is 25.1. The predicted octanol–water partition coefficient (Wildman–Crippen LogP) is 2.33. The van der Waals surface area contributed by atoms with Gasteiger partial charge in [-0.1, -0.05) is 36.4 Å². The van der Waals surface area contributed by atoms with E-state index in [4.69, 9.17) is 19.4 Å². The summed E-state index contributed by atoms with van der Waals surface area (Å²) < 4.78 is 12.0. The number of amides is 1. The van der Waals surface area contributed by atoms with E-state index in [2.05, 4.69) is 25.1 Å². The number of nitrogens with zero attached hydrogens (tertiary/aromatic N) is 5. The number of piperazine rings is 1. The largest absolute Gasteiger partial charge is 0.481 e. The number of nitrogens with one attached hydrogen (secondary N) is 1. The lowest BCUT2D eigenvalue weighted by Crippen LogP contribution is -2.49. The molecule has 1 unspecified atom stereocenters. The molecule has 45 heavy (non-hydrogen) atoms. The molecule has 1 aromatic carbocycles. The van der Waals surface area contributed by atoms with E-state index >= 15 is 0 Å². The van der Waals surface area contributed by atoms with Crippen molar-refractivity contribution < 1.29 is 34.1 Å². The van der Waals surface area contributed by atoms with Crippen LogP contribution in [-0.2, 0) is 32.2 Å². The quantitative estimate of drug-likeness (QED) is 0.318. The molecule has 3 aromatic rings. The molecule has 240 valence electrons. The topological polar surface area (TPSA) is 176 Å². The van der Waals surface area contributed by atoms with Crippen molar-refractivity contribution in [3.63, 3.8) is 0 Å². The van der Waals surface area contributed by atoms with Gasteiger partial charge in [0.2, 0.25) is 0 Å². The second-order valence-corrected chi connectivity index (χ2v) is 10.6. The highest BCUT2D eigenvalue weighted by atomic mass is 16.5. The van der Waals surface area contributed by atoms with Gasteiger partial charge in [0, 0.05) is 64.3 Å². The molecule has 0 spiro atoms. The molecule has 4 heterocycles. The minimum Gasteiger partial charge on any atom is -0.481 e. The van der Waals surface area contributed by atoms with Gasteiger partial charge in [-0.3, -0.25) is 9.36 Å². The standard InChI is InChI=1S/C29H34N6O6.C2H4O2/c36-27(37)24(31-29(39)41-20-21-6-2-1-3-7-21)19-35-18-23(22-9-16-40-17-10-22)26(32-28(35)38)34-14-12-33(13-15-34)25-8-4-5-11-30-25;1-2(3)4/h1-8,11,18,22,24H,9-10,12-17,19-20H2,(H,31,39)(H,36,37);1H3,(H,3,4). The fraction of sp³-hybridized carbons (Fsp3) is 0.419. The second kappa shape index (κ2) is 16.2. The summed E-state index contributed by atoms with van der Waals surface area (Å²) >= 11 is 0. The Hall–Kier alpha value is -4.98. The first-order valence-corrected chi connectivity index (χ1v) is 14.7. The summed E-state index contributed by atoms with van der Waals surface area (Å²) in [5.74, 6) is -0.467. The minimum absolute atomic E-state index is 0.00326. The van der Waals surface area contributed by atoms with Gasteiger partial charge >= 0.3 is 17.8 Å². The van der Waals surface area contributed by atoms with Gasteiger partial charge in [0.15, 0.2) is 0 Å². The fourth-order valence-electron chi connectivity index (χ4n) is 5.16. The molecule has 2 saturated heterocycles. The third-order valence-electron chi connectivity index (χ3n) is 7.40. The number of anilines is 2. The van der Waals surface area contributed by atoms with Crippen LogP contribution in [0.5, 0.6) is 0 Å². The van der Waals surface area contributed by atoms with E-state index in [1.807, 2.05) is 36.4 Å². The average Bonchev–Trinajstić information content (AvgIpc) is 3.05. The SMILES string of the molecule is CC(=O)O.O=C(NC(Cn1cc(C2CCOCC2)c(N2CCN(c3ccccn3)CC2)nc1=O)C(=O)O)OCc1ccccc1. The van der Waals surface area contributed by atoms with E-state index in [1.54, 1.807) is 24.5 Å². The van der Waals surface area contributed by atoms with Crippen LogP contribution in [0.25, 0.3) is 0 Å². The van der Waals surface area contributed by atoms with Gasteiger partial charge in [-0.2, -0.15) is 4.98 Å². The zero-order valence-corrected chi connectivity index (χ0v) is 25.1. The molecule has 1 amide bonds. The maximum Gasteiger partial charge on any atom is 0.408 e. The van der Waals surface area contributed by atoms with Gasteiger partial charge in [0.05, 0.1) is 6.54 Å². The first-order chi connectivity index (χ1) is 21.7. The molecule has 5 rings (SSSR count). The molecular formula is C31H38N6O8. The molecule has 2 aliphatic heterocycles. The molecule has 14 heteroatoms. The van der Waals surface area contributed by atoms with E-state index in [1.165, 1.54) is 4.57 Å². The van der Waals surface area contributed by atoms with Crippen molar-refractivity contribution in [1.82, 2.24) is 19.9 Å². The molecule has 2 aromatic heterocycles. The van der Waals surface area contributed by atoms with Crippen LogP contribution in [0.2, 0.25) is 0 Å². The number of carbonyl (C=O) groups excluding carboxylic acids is 1. The lowest BCUT2D eigenvalue weighted by molar-refractivity contribution is -0.139. The minimum atomic E-state index is -1.38. The second-order valence-electron chi connectivity index (χ2n) is 10.6. The van der Waals surface area contributed by atoms with E-state index in [-0.39, 0.29) is 19.1 Å². The number of hydrogen-bond acceptors (Lipinski definition) is 10. The van der Waals surface area contributed by atoms with Crippen molar-refractivity contribution in [3.05, 3.63) is 82.5 Å². The van der Waals surface area contributed by atoms with Crippen LogP contribution in [0.15, 0.2) is 65.7 Å². The summed E-state index contributed by atoms with van der Waals surface area (Å²) in [6, 6.07) is 13.5. The normalized spacial score (nSPS) is 15.8. The van der Waals surface area contributed by atoms with Gasteiger partial charge in [-0.25, -0.2) is 19.4 Å². The number of alkyl carbamates (subject to hydrolysis) is 1. The molecule has 1 atom stereocenters. The summed E-state index contributed by atoms with van der Waals surface area (Å²) in [5.41, 5.74) is 1.08. The third kappa shape index (κ3) is 9.76. The number of aliphatic carboxylic acids is 2. The Morgan fingerprint density at radius 2 is 1.64 bits per heavy atom. The number of ether oxygens (including phenoxy) is 2. The van der Waals surface area contributed by atoms with Crippen LogP contribution < -0.4 is 20.8 Å². The molecule has 2 aliphatic rings. The number of carbonyl (C=O) groups is 3. The maximum atomic E-state index is 13.2. The van der Waals surface area contributed by atoms with E-state index in [0.29, 0.717) is 32.1 Å². The smallest absolute Gasteiger partial charge is 0.408 e. The van der Waals surface area contributed by atoms with Crippen LogP contribution in [0.1, 0.15) is 36.8 Å².